The molecule has 0 fully saturated rings. The van der Waals surface area contributed by atoms with Crippen LogP contribution in [-0.2, 0) is 11.2 Å². The molecule has 1 heterocycles. The SMILES string of the molecule is N[C@@H]([C]=O)Cc1ccncc1. The Hall–Kier alpha value is -1.22. The molecule has 11 heavy (non-hydrogen) atoms. The number of rotatable bonds is 3. The van der Waals surface area contributed by atoms with E-state index in [1.165, 1.54) is 0 Å². The van der Waals surface area contributed by atoms with Crippen molar-refractivity contribution in [1.82, 2.24) is 4.98 Å². The first kappa shape index (κ1) is 7.88. The van der Waals surface area contributed by atoms with Crippen LogP contribution in [0.4, 0.5) is 0 Å². The minimum atomic E-state index is -0.516. The van der Waals surface area contributed by atoms with Gasteiger partial charge in [-0.1, -0.05) is 0 Å². The Morgan fingerprint density at radius 2 is 2.18 bits per heavy atom. The van der Waals surface area contributed by atoms with Crippen LogP contribution in [0.15, 0.2) is 24.5 Å². The van der Waals surface area contributed by atoms with Crippen LogP contribution in [0.2, 0.25) is 0 Å². The normalized spacial score (nSPS) is 12.5. The van der Waals surface area contributed by atoms with Crippen LogP contribution in [0.3, 0.4) is 0 Å². The van der Waals surface area contributed by atoms with Crippen LogP contribution in [-0.4, -0.2) is 17.3 Å². The van der Waals surface area contributed by atoms with Crippen molar-refractivity contribution >= 4 is 6.29 Å². The highest BCUT2D eigenvalue weighted by Gasteiger charge is 2.01. The fourth-order valence-electron chi connectivity index (χ4n) is 0.814. The molecule has 0 bridgehead atoms. The van der Waals surface area contributed by atoms with E-state index in [0.717, 1.165) is 5.56 Å². The fraction of sp³-hybridized carbons (Fsp3) is 0.250. The number of carbonyl (C=O) groups excluding carboxylic acids is 1. The van der Waals surface area contributed by atoms with Crippen molar-refractivity contribution in [1.29, 1.82) is 0 Å². The van der Waals surface area contributed by atoms with Gasteiger partial charge in [-0.3, -0.25) is 9.78 Å². The van der Waals surface area contributed by atoms with Crippen molar-refractivity contribution in [3.05, 3.63) is 30.1 Å². The number of hydrogen-bond acceptors (Lipinski definition) is 3. The molecule has 0 aromatic carbocycles. The summed E-state index contributed by atoms with van der Waals surface area (Å²) in [6, 6.07) is 3.14. The number of nitrogens with two attached hydrogens (primary N) is 1. The number of hydrogen-bond donors (Lipinski definition) is 1. The molecule has 1 rings (SSSR count). The monoisotopic (exact) mass is 149 g/mol. The summed E-state index contributed by atoms with van der Waals surface area (Å²) in [5.41, 5.74) is 6.37. The Morgan fingerprint density at radius 3 is 2.73 bits per heavy atom. The number of aromatic nitrogens is 1. The Kier molecular flexibility index (Phi) is 2.74. The Labute approximate surface area is 65.2 Å². The maximum Gasteiger partial charge on any atom is 0.217 e. The predicted molar refractivity (Wildman–Crippen MR) is 41.6 cm³/mol. The van der Waals surface area contributed by atoms with E-state index in [1.54, 1.807) is 18.7 Å². The van der Waals surface area contributed by atoms with E-state index in [2.05, 4.69) is 4.98 Å². The zero-order chi connectivity index (χ0) is 8.10. The molecule has 0 aliphatic heterocycles. The van der Waals surface area contributed by atoms with Crippen molar-refractivity contribution in [3.63, 3.8) is 0 Å². The molecule has 3 nitrogen and oxygen atoms in total. The minimum absolute atomic E-state index is 0.516. The second kappa shape index (κ2) is 3.83. The molecule has 1 aromatic heterocycles. The third-order valence-electron chi connectivity index (χ3n) is 1.36. The highest BCUT2D eigenvalue weighted by Crippen LogP contribution is 1.98. The summed E-state index contributed by atoms with van der Waals surface area (Å²) in [6.07, 6.45) is 5.60. The number of nitrogens with zero attached hydrogens (tertiary/aromatic N) is 1. The van der Waals surface area contributed by atoms with Crippen molar-refractivity contribution in [3.8, 4) is 0 Å². The highest BCUT2D eigenvalue weighted by molar-refractivity contribution is 5.58. The van der Waals surface area contributed by atoms with Crippen molar-refractivity contribution in [2.24, 2.45) is 5.73 Å². The van der Waals surface area contributed by atoms with Crippen LogP contribution < -0.4 is 5.73 Å². The van der Waals surface area contributed by atoms with Crippen LogP contribution in [0.5, 0.6) is 0 Å². The molecule has 0 amide bonds. The molecule has 0 aliphatic carbocycles. The van der Waals surface area contributed by atoms with Gasteiger partial charge in [0.25, 0.3) is 0 Å². The Balaban J connectivity index is 2.57. The predicted octanol–water partition coefficient (Wildman–Crippen LogP) is 0.0611. The average Bonchev–Trinajstić information content (AvgIpc) is 2.06. The molecule has 2 N–H and O–H groups in total. The molecule has 1 radical (unpaired) electrons. The van der Waals surface area contributed by atoms with E-state index in [0.29, 0.717) is 6.42 Å². The van der Waals surface area contributed by atoms with Crippen LogP contribution in [0, 0.1) is 0 Å². The summed E-state index contributed by atoms with van der Waals surface area (Å²) in [6.45, 7) is 0. The minimum Gasteiger partial charge on any atom is -0.321 e. The van der Waals surface area contributed by atoms with E-state index in [-0.39, 0.29) is 0 Å². The summed E-state index contributed by atoms with van der Waals surface area (Å²) >= 11 is 0. The molecule has 0 spiro atoms. The van der Waals surface area contributed by atoms with E-state index in [9.17, 15) is 4.79 Å². The first-order valence-corrected chi connectivity index (χ1v) is 3.35. The molecule has 0 aliphatic rings. The number of pyridine rings is 1. The summed E-state index contributed by atoms with van der Waals surface area (Å²) < 4.78 is 0. The fourth-order valence-corrected chi connectivity index (χ4v) is 0.814. The maximum absolute atomic E-state index is 10.0. The van der Waals surface area contributed by atoms with Gasteiger partial charge in [0.05, 0.1) is 6.04 Å². The average molecular weight is 149 g/mol. The lowest BCUT2D eigenvalue weighted by atomic mass is 10.1. The maximum atomic E-state index is 10.0. The lowest BCUT2D eigenvalue weighted by molar-refractivity contribution is 0.541. The summed E-state index contributed by atoms with van der Waals surface area (Å²) in [5.74, 6) is 0. The van der Waals surface area contributed by atoms with Crippen LogP contribution >= 0.6 is 0 Å². The lowest BCUT2D eigenvalue weighted by Gasteiger charge is -2.00. The van der Waals surface area contributed by atoms with E-state index >= 15 is 0 Å². The van der Waals surface area contributed by atoms with E-state index in [4.69, 9.17) is 5.73 Å². The van der Waals surface area contributed by atoms with E-state index in [1.807, 2.05) is 12.1 Å². The summed E-state index contributed by atoms with van der Waals surface area (Å²) in [7, 11) is 0. The molecule has 0 saturated carbocycles. The molecule has 0 unspecified atom stereocenters. The second-order valence-electron chi connectivity index (χ2n) is 2.28. The zero-order valence-electron chi connectivity index (χ0n) is 6.03. The molecule has 57 valence electrons. The molecule has 1 aromatic rings. The van der Waals surface area contributed by atoms with Crippen molar-refractivity contribution in [2.45, 2.75) is 12.5 Å². The topological polar surface area (TPSA) is 56.0 Å². The first-order valence-electron chi connectivity index (χ1n) is 3.35. The lowest BCUT2D eigenvalue weighted by Crippen LogP contribution is -2.23. The summed E-state index contributed by atoms with van der Waals surface area (Å²) in [4.78, 5) is 13.9. The molecular formula is C8H9N2O. The van der Waals surface area contributed by atoms with Crippen LogP contribution in [0.25, 0.3) is 0 Å². The van der Waals surface area contributed by atoms with E-state index < -0.39 is 6.04 Å². The van der Waals surface area contributed by atoms with Gasteiger partial charge in [-0.2, -0.15) is 0 Å². The van der Waals surface area contributed by atoms with Gasteiger partial charge < -0.3 is 5.73 Å². The van der Waals surface area contributed by atoms with Crippen LogP contribution in [0.1, 0.15) is 5.56 Å². The summed E-state index contributed by atoms with van der Waals surface area (Å²) in [5, 5.41) is 0. The third kappa shape index (κ3) is 2.47. The standard InChI is InChI=1S/C8H9N2O/c9-8(6-11)5-7-1-3-10-4-2-7/h1-4,8H,5,9H2/t8-/m1/s1. The van der Waals surface area contributed by atoms with Gasteiger partial charge in [-0.05, 0) is 24.1 Å². The molecular weight excluding hydrogens is 140 g/mol. The Morgan fingerprint density at radius 1 is 1.55 bits per heavy atom. The van der Waals surface area contributed by atoms with Gasteiger partial charge in [0.15, 0.2) is 0 Å². The molecule has 1 atom stereocenters. The highest BCUT2D eigenvalue weighted by atomic mass is 16.1. The molecule has 0 saturated heterocycles. The van der Waals surface area contributed by atoms with Gasteiger partial charge in [-0.15, -0.1) is 0 Å². The molecule has 3 heteroatoms. The second-order valence-corrected chi connectivity index (χ2v) is 2.28. The van der Waals surface area contributed by atoms with Gasteiger partial charge in [0, 0.05) is 12.4 Å². The van der Waals surface area contributed by atoms with Crippen molar-refractivity contribution < 1.29 is 4.79 Å². The first-order chi connectivity index (χ1) is 5.33. The van der Waals surface area contributed by atoms with Gasteiger partial charge in [0.2, 0.25) is 6.29 Å². The van der Waals surface area contributed by atoms with Gasteiger partial charge in [0.1, 0.15) is 0 Å². The van der Waals surface area contributed by atoms with Crippen molar-refractivity contribution in [2.75, 3.05) is 0 Å². The third-order valence-corrected chi connectivity index (χ3v) is 1.36. The largest absolute Gasteiger partial charge is 0.321 e. The van der Waals surface area contributed by atoms with Gasteiger partial charge in [-0.25, -0.2) is 0 Å². The van der Waals surface area contributed by atoms with Gasteiger partial charge >= 0.3 is 0 Å². The smallest absolute Gasteiger partial charge is 0.217 e. The Bertz CT molecular complexity index is 223. The quantitative estimate of drug-likeness (QED) is 0.661. The zero-order valence-corrected chi connectivity index (χ0v) is 6.03.